The highest BCUT2D eigenvalue weighted by Crippen LogP contribution is 2.12. The maximum atomic E-state index is 12.1. The van der Waals surface area contributed by atoms with E-state index in [0.29, 0.717) is 51.6 Å². The zero-order chi connectivity index (χ0) is 15.0. The molecule has 1 unspecified atom stereocenters. The van der Waals surface area contributed by atoms with Crippen molar-refractivity contribution in [3.63, 3.8) is 0 Å². The monoisotopic (exact) mass is 284 g/mol. The molecule has 1 fully saturated rings. The molecule has 0 spiro atoms. The number of nitrogens with one attached hydrogen (secondary N) is 1. The van der Waals surface area contributed by atoms with Crippen molar-refractivity contribution in [2.45, 2.75) is 33.1 Å². The summed E-state index contributed by atoms with van der Waals surface area (Å²) in [7, 11) is 0. The Bertz CT molecular complexity index is 314. The number of hydrogen-bond donors (Lipinski definition) is 2. The van der Waals surface area contributed by atoms with Gasteiger partial charge >= 0.3 is 6.03 Å². The standard InChI is InChI=1S/C14H28N4O2/c1-3-16-14(20)18-10-8-17(9-11-18)13(19)5-4-12(2)6-7-15/h12H,3-11,15H2,1-2H3,(H,16,20). The number of nitrogens with zero attached hydrogens (tertiary/aromatic N) is 2. The van der Waals surface area contributed by atoms with Crippen molar-refractivity contribution in [1.82, 2.24) is 15.1 Å². The fourth-order valence-corrected chi connectivity index (χ4v) is 2.38. The van der Waals surface area contributed by atoms with Crippen LogP contribution in [0, 0.1) is 5.92 Å². The van der Waals surface area contributed by atoms with E-state index in [4.69, 9.17) is 5.73 Å². The van der Waals surface area contributed by atoms with Crippen molar-refractivity contribution in [2.24, 2.45) is 11.7 Å². The second-order valence-corrected chi connectivity index (χ2v) is 5.42. The normalized spacial score (nSPS) is 16.9. The number of hydrogen-bond acceptors (Lipinski definition) is 3. The first kappa shape index (κ1) is 16.8. The van der Waals surface area contributed by atoms with Gasteiger partial charge in [0.05, 0.1) is 0 Å². The van der Waals surface area contributed by atoms with E-state index in [1.165, 1.54) is 0 Å². The summed E-state index contributed by atoms with van der Waals surface area (Å²) in [5, 5.41) is 2.79. The first-order valence-electron chi connectivity index (χ1n) is 7.59. The Morgan fingerprint density at radius 3 is 2.30 bits per heavy atom. The van der Waals surface area contributed by atoms with E-state index >= 15 is 0 Å². The average molecular weight is 284 g/mol. The summed E-state index contributed by atoms with van der Waals surface area (Å²) in [5.41, 5.74) is 5.51. The van der Waals surface area contributed by atoms with Crippen LogP contribution in [0.4, 0.5) is 4.79 Å². The van der Waals surface area contributed by atoms with Crippen molar-refractivity contribution >= 4 is 11.9 Å². The quantitative estimate of drug-likeness (QED) is 0.750. The molecule has 1 saturated heterocycles. The van der Waals surface area contributed by atoms with E-state index in [2.05, 4.69) is 12.2 Å². The van der Waals surface area contributed by atoms with Crippen molar-refractivity contribution in [2.75, 3.05) is 39.3 Å². The van der Waals surface area contributed by atoms with E-state index in [1.807, 2.05) is 11.8 Å². The first-order valence-corrected chi connectivity index (χ1v) is 7.59. The van der Waals surface area contributed by atoms with E-state index < -0.39 is 0 Å². The van der Waals surface area contributed by atoms with E-state index in [9.17, 15) is 9.59 Å². The molecule has 6 nitrogen and oxygen atoms in total. The molecule has 0 aromatic carbocycles. The molecule has 0 bridgehead atoms. The molecule has 0 aromatic heterocycles. The highest BCUT2D eigenvalue weighted by atomic mass is 16.2. The van der Waals surface area contributed by atoms with Crippen molar-refractivity contribution in [1.29, 1.82) is 0 Å². The molecule has 3 amide bonds. The fourth-order valence-electron chi connectivity index (χ4n) is 2.38. The van der Waals surface area contributed by atoms with Crippen LogP contribution in [-0.2, 0) is 4.79 Å². The Kier molecular flexibility index (Phi) is 7.36. The first-order chi connectivity index (χ1) is 9.58. The molecule has 1 atom stereocenters. The molecule has 1 aliphatic heterocycles. The van der Waals surface area contributed by atoms with Gasteiger partial charge in [0.2, 0.25) is 5.91 Å². The molecule has 1 aliphatic rings. The number of rotatable bonds is 6. The minimum Gasteiger partial charge on any atom is -0.339 e. The summed E-state index contributed by atoms with van der Waals surface area (Å²) in [6.07, 6.45) is 2.45. The summed E-state index contributed by atoms with van der Waals surface area (Å²) in [5.74, 6) is 0.699. The summed E-state index contributed by atoms with van der Waals surface area (Å²) < 4.78 is 0. The predicted octanol–water partition coefficient (Wildman–Crippen LogP) is 0.625. The molecule has 0 saturated carbocycles. The zero-order valence-electron chi connectivity index (χ0n) is 12.7. The smallest absolute Gasteiger partial charge is 0.317 e. The molecule has 1 rings (SSSR count). The van der Waals surface area contributed by atoms with Gasteiger partial charge in [0, 0.05) is 39.1 Å². The predicted molar refractivity (Wildman–Crippen MR) is 79.3 cm³/mol. The van der Waals surface area contributed by atoms with Gasteiger partial charge in [-0.3, -0.25) is 4.79 Å². The second-order valence-electron chi connectivity index (χ2n) is 5.42. The second kappa shape index (κ2) is 8.79. The summed E-state index contributed by atoms with van der Waals surface area (Å²) in [4.78, 5) is 27.4. The number of urea groups is 1. The van der Waals surface area contributed by atoms with Gasteiger partial charge in [0.25, 0.3) is 0 Å². The van der Waals surface area contributed by atoms with Gasteiger partial charge in [-0.2, -0.15) is 0 Å². The van der Waals surface area contributed by atoms with Crippen molar-refractivity contribution in [3.05, 3.63) is 0 Å². The SMILES string of the molecule is CCNC(=O)N1CCN(C(=O)CCC(C)CCN)CC1. The molecular formula is C14H28N4O2. The molecule has 0 aliphatic carbocycles. The number of carbonyl (C=O) groups excluding carboxylic acids is 2. The summed E-state index contributed by atoms with van der Waals surface area (Å²) in [6.45, 7) is 7.87. The topological polar surface area (TPSA) is 78.7 Å². The van der Waals surface area contributed by atoms with Gasteiger partial charge in [-0.25, -0.2) is 4.79 Å². The van der Waals surface area contributed by atoms with Crippen LogP contribution in [0.3, 0.4) is 0 Å². The molecule has 116 valence electrons. The molecule has 6 heteroatoms. The van der Waals surface area contributed by atoms with Gasteiger partial charge in [-0.05, 0) is 32.2 Å². The lowest BCUT2D eigenvalue weighted by molar-refractivity contribution is -0.132. The minimum atomic E-state index is -0.0313. The molecule has 0 radical (unpaired) electrons. The molecule has 20 heavy (non-hydrogen) atoms. The van der Waals surface area contributed by atoms with Crippen molar-refractivity contribution < 1.29 is 9.59 Å². The lowest BCUT2D eigenvalue weighted by atomic mass is 10.0. The lowest BCUT2D eigenvalue weighted by Gasteiger charge is -2.34. The average Bonchev–Trinajstić information content (AvgIpc) is 2.45. The van der Waals surface area contributed by atoms with Crippen LogP contribution < -0.4 is 11.1 Å². The molecule has 3 N–H and O–H groups in total. The maximum Gasteiger partial charge on any atom is 0.317 e. The third-order valence-electron chi connectivity index (χ3n) is 3.76. The fraction of sp³-hybridized carbons (Fsp3) is 0.857. The lowest BCUT2D eigenvalue weighted by Crippen LogP contribution is -2.53. The van der Waals surface area contributed by atoms with Crippen LogP contribution in [-0.4, -0.2) is 61.0 Å². The van der Waals surface area contributed by atoms with E-state index in [1.54, 1.807) is 4.90 Å². The van der Waals surface area contributed by atoms with Crippen LogP contribution in [0.15, 0.2) is 0 Å². The largest absolute Gasteiger partial charge is 0.339 e. The highest BCUT2D eigenvalue weighted by molar-refractivity contribution is 5.77. The molecular weight excluding hydrogens is 256 g/mol. The Morgan fingerprint density at radius 1 is 1.15 bits per heavy atom. The van der Waals surface area contributed by atoms with Crippen LogP contribution >= 0.6 is 0 Å². The number of nitrogens with two attached hydrogens (primary N) is 1. The summed E-state index contributed by atoms with van der Waals surface area (Å²) in [6, 6.07) is -0.0313. The highest BCUT2D eigenvalue weighted by Gasteiger charge is 2.23. The molecule has 1 heterocycles. The number of carbonyl (C=O) groups is 2. The van der Waals surface area contributed by atoms with Gasteiger partial charge in [0.15, 0.2) is 0 Å². The Hall–Kier alpha value is -1.30. The van der Waals surface area contributed by atoms with Gasteiger partial charge in [0.1, 0.15) is 0 Å². The van der Waals surface area contributed by atoms with Crippen molar-refractivity contribution in [3.8, 4) is 0 Å². The Balaban J connectivity index is 2.27. The van der Waals surface area contributed by atoms with Gasteiger partial charge in [-0.15, -0.1) is 0 Å². The zero-order valence-corrected chi connectivity index (χ0v) is 12.7. The van der Waals surface area contributed by atoms with Crippen LogP contribution in [0.1, 0.15) is 33.1 Å². The van der Waals surface area contributed by atoms with Crippen LogP contribution in [0.25, 0.3) is 0 Å². The Labute approximate surface area is 121 Å². The van der Waals surface area contributed by atoms with Crippen LogP contribution in [0.2, 0.25) is 0 Å². The van der Waals surface area contributed by atoms with E-state index in [-0.39, 0.29) is 11.9 Å². The number of amides is 3. The Morgan fingerprint density at radius 2 is 1.75 bits per heavy atom. The maximum absolute atomic E-state index is 12.1. The van der Waals surface area contributed by atoms with Gasteiger partial charge < -0.3 is 20.9 Å². The third-order valence-corrected chi connectivity index (χ3v) is 3.76. The van der Waals surface area contributed by atoms with E-state index in [0.717, 1.165) is 12.8 Å². The number of piperazine rings is 1. The summed E-state index contributed by atoms with van der Waals surface area (Å²) >= 11 is 0. The van der Waals surface area contributed by atoms with Gasteiger partial charge in [-0.1, -0.05) is 6.92 Å². The van der Waals surface area contributed by atoms with Crippen LogP contribution in [0.5, 0.6) is 0 Å². The third kappa shape index (κ3) is 5.36. The minimum absolute atomic E-state index is 0.0313. The molecule has 0 aromatic rings.